The Morgan fingerprint density at radius 2 is 2.35 bits per heavy atom. The van der Waals surface area contributed by atoms with Gasteiger partial charge in [-0.1, -0.05) is 0 Å². The zero-order chi connectivity index (χ0) is 16.6. The second kappa shape index (κ2) is 6.17. The van der Waals surface area contributed by atoms with Gasteiger partial charge in [0.15, 0.2) is 0 Å². The van der Waals surface area contributed by atoms with Gasteiger partial charge in [0.2, 0.25) is 5.91 Å². The van der Waals surface area contributed by atoms with Crippen LogP contribution in [0.15, 0.2) is 18.3 Å². The first kappa shape index (κ1) is 16.3. The molecule has 0 radical (unpaired) electrons. The van der Waals surface area contributed by atoms with Gasteiger partial charge >= 0.3 is 0 Å². The average Bonchev–Trinajstić information content (AvgIpc) is 2.81. The number of piperidine rings is 1. The van der Waals surface area contributed by atoms with Crippen LogP contribution in [0.25, 0.3) is 0 Å². The van der Waals surface area contributed by atoms with Crippen LogP contribution in [0.3, 0.4) is 0 Å². The number of pyridine rings is 1. The molecule has 2 saturated heterocycles. The van der Waals surface area contributed by atoms with Crippen LogP contribution >= 0.6 is 0 Å². The van der Waals surface area contributed by atoms with Gasteiger partial charge in [-0.2, -0.15) is 0 Å². The number of aromatic nitrogens is 1. The minimum absolute atomic E-state index is 0.0194. The smallest absolute Gasteiger partial charge is 0.220 e. The molecule has 0 unspecified atom stereocenters. The lowest BCUT2D eigenvalue weighted by atomic mass is 9.89. The van der Waals surface area contributed by atoms with Crippen molar-refractivity contribution >= 4 is 5.91 Å². The van der Waals surface area contributed by atoms with Gasteiger partial charge in [0.25, 0.3) is 0 Å². The normalized spacial score (nSPS) is 31.2. The molecule has 5 nitrogen and oxygen atoms in total. The number of likely N-dealkylation sites (tertiary alicyclic amines) is 2. The van der Waals surface area contributed by atoms with E-state index in [1.54, 1.807) is 19.2 Å². The van der Waals surface area contributed by atoms with Crippen molar-refractivity contribution in [3.63, 3.8) is 0 Å². The molecule has 3 atom stereocenters. The third kappa shape index (κ3) is 2.97. The number of halogens is 1. The van der Waals surface area contributed by atoms with Crippen LogP contribution < -0.4 is 0 Å². The fourth-order valence-corrected chi connectivity index (χ4v) is 4.34. The van der Waals surface area contributed by atoms with Gasteiger partial charge in [-0.3, -0.25) is 14.7 Å². The van der Waals surface area contributed by atoms with Gasteiger partial charge in [-0.05, 0) is 37.8 Å². The first-order valence-corrected chi connectivity index (χ1v) is 8.17. The standard InChI is InChI=1S/C17H24FN3O2/c1-12(23)21-16-5-7-20(9-13(16)8-17(21,2)11-22)10-15-14(18)4-3-6-19-15/h3-4,6,13,16,22H,5,7-11H2,1-2H3/t13-,16-,17+/m0/s1. The van der Waals surface area contributed by atoms with Gasteiger partial charge < -0.3 is 10.0 Å². The summed E-state index contributed by atoms with van der Waals surface area (Å²) in [7, 11) is 0. The molecule has 6 heteroatoms. The lowest BCUT2D eigenvalue weighted by molar-refractivity contribution is -0.137. The Kier molecular flexibility index (Phi) is 4.38. The number of nitrogens with zero attached hydrogens (tertiary/aromatic N) is 3. The van der Waals surface area contributed by atoms with E-state index in [1.165, 1.54) is 6.07 Å². The van der Waals surface area contributed by atoms with Crippen molar-refractivity contribution in [2.75, 3.05) is 19.7 Å². The van der Waals surface area contributed by atoms with Crippen LogP contribution in [0.4, 0.5) is 4.39 Å². The molecule has 2 aliphatic rings. The number of amides is 1. The van der Waals surface area contributed by atoms with E-state index in [-0.39, 0.29) is 24.4 Å². The second-order valence-electron chi connectivity index (χ2n) is 7.03. The summed E-state index contributed by atoms with van der Waals surface area (Å²) in [6, 6.07) is 3.21. The molecule has 0 saturated carbocycles. The molecular formula is C17H24FN3O2. The molecule has 0 aromatic carbocycles. The van der Waals surface area contributed by atoms with Crippen LogP contribution in [-0.4, -0.2) is 57.1 Å². The Bertz CT molecular complexity index is 597. The topological polar surface area (TPSA) is 56.7 Å². The van der Waals surface area contributed by atoms with E-state index in [1.807, 2.05) is 11.8 Å². The number of carbonyl (C=O) groups excluding carboxylic acids is 1. The number of hydrogen-bond donors (Lipinski definition) is 1. The number of fused-ring (bicyclic) bond motifs is 1. The fraction of sp³-hybridized carbons (Fsp3) is 0.647. The molecule has 3 heterocycles. The van der Waals surface area contributed by atoms with E-state index in [4.69, 9.17) is 0 Å². The highest BCUT2D eigenvalue weighted by atomic mass is 19.1. The molecule has 0 aliphatic carbocycles. The van der Waals surface area contributed by atoms with E-state index >= 15 is 0 Å². The molecule has 126 valence electrons. The van der Waals surface area contributed by atoms with Crippen molar-refractivity contribution in [1.29, 1.82) is 0 Å². The summed E-state index contributed by atoms with van der Waals surface area (Å²) in [5.74, 6) is 0.0708. The lowest BCUT2D eigenvalue weighted by Crippen LogP contribution is -2.52. The molecule has 0 bridgehead atoms. The summed E-state index contributed by atoms with van der Waals surface area (Å²) in [4.78, 5) is 20.2. The number of aliphatic hydroxyl groups excluding tert-OH is 1. The maximum absolute atomic E-state index is 13.8. The first-order valence-electron chi connectivity index (χ1n) is 8.17. The van der Waals surface area contributed by atoms with Crippen molar-refractivity contribution in [3.05, 3.63) is 29.8 Å². The third-order valence-electron chi connectivity index (χ3n) is 5.28. The van der Waals surface area contributed by atoms with Crippen molar-refractivity contribution in [1.82, 2.24) is 14.8 Å². The molecule has 2 aliphatic heterocycles. The van der Waals surface area contributed by atoms with E-state index < -0.39 is 5.54 Å². The van der Waals surface area contributed by atoms with Crippen molar-refractivity contribution in [2.24, 2.45) is 5.92 Å². The minimum atomic E-state index is -0.479. The molecule has 0 spiro atoms. The average molecular weight is 321 g/mol. The maximum atomic E-state index is 13.8. The van der Waals surface area contributed by atoms with Gasteiger partial charge in [-0.15, -0.1) is 0 Å². The van der Waals surface area contributed by atoms with Crippen molar-refractivity contribution in [3.8, 4) is 0 Å². The molecule has 2 fully saturated rings. The van der Waals surface area contributed by atoms with Crippen LogP contribution in [0.1, 0.15) is 32.4 Å². The zero-order valence-corrected chi connectivity index (χ0v) is 13.7. The van der Waals surface area contributed by atoms with Crippen molar-refractivity contribution < 1.29 is 14.3 Å². The zero-order valence-electron chi connectivity index (χ0n) is 13.7. The summed E-state index contributed by atoms with van der Waals surface area (Å²) in [6.07, 6.45) is 3.25. The molecule has 1 N–H and O–H groups in total. The minimum Gasteiger partial charge on any atom is -0.394 e. The second-order valence-corrected chi connectivity index (χ2v) is 7.03. The quantitative estimate of drug-likeness (QED) is 0.915. The Labute approximate surface area is 136 Å². The highest BCUT2D eigenvalue weighted by molar-refractivity contribution is 5.75. The van der Waals surface area contributed by atoms with Crippen molar-refractivity contribution in [2.45, 2.75) is 44.8 Å². The third-order valence-corrected chi connectivity index (χ3v) is 5.28. The molecule has 1 aromatic rings. The SMILES string of the molecule is CC(=O)N1[C@H]2CCN(Cc3ncccc3F)C[C@@H]2C[C@]1(C)CO. The molecule has 3 rings (SSSR count). The van der Waals surface area contributed by atoms with Gasteiger partial charge in [-0.25, -0.2) is 4.39 Å². The summed E-state index contributed by atoms with van der Waals surface area (Å²) in [5, 5.41) is 9.76. The highest BCUT2D eigenvalue weighted by Crippen LogP contribution is 2.42. The Hall–Kier alpha value is -1.53. The van der Waals surface area contributed by atoms with Crippen LogP contribution in [0.5, 0.6) is 0 Å². The van der Waals surface area contributed by atoms with E-state index in [2.05, 4.69) is 9.88 Å². The predicted molar refractivity (Wildman–Crippen MR) is 84.0 cm³/mol. The van der Waals surface area contributed by atoms with E-state index in [0.29, 0.717) is 18.2 Å². The molecular weight excluding hydrogens is 297 g/mol. The van der Waals surface area contributed by atoms with Crippen LogP contribution in [0.2, 0.25) is 0 Å². The van der Waals surface area contributed by atoms with E-state index in [0.717, 1.165) is 25.9 Å². The Balaban J connectivity index is 1.72. The monoisotopic (exact) mass is 321 g/mol. The lowest BCUT2D eigenvalue weighted by Gasteiger charge is -2.40. The molecule has 1 amide bonds. The predicted octanol–water partition coefficient (Wildman–Crippen LogP) is 1.41. The summed E-state index contributed by atoms with van der Waals surface area (Å²) >= 11 is 0. The van der Waals surface area contributed by atoms with Gasteiger partial charge in [0.1, 0.15) is 5.82 Å². The van der Waals surface area contributed by atoms with Crippen LogP contribution in [0, 0.1) is 11.7 Å². The van der Waals surface area contributed by atoms with Crippen LogP contribution in [-0.2, 0) is 11.3 Å². The molecule has 23 heavy (non-hydrogen) atoms. The van der Waals surface area contributed by atoms with Gasteiger partial charge in [0.05, 0.1) is 17.8 Å². The fourth-order valence-electron chi connectivity index (χ4n) is 4.34. The number of rotatable bonds is 3. The van der Waals surface area contributed by atoms with Gasteiger partial charge in [0, 0.05) is 38.8 Å². The number of aliphatic hydroxyl groups is 1. The maximum Gasteiger partial charge on any atom is 0.220 e. The summed E-state index contributed by atoms with van der Waals surface area (Å²) in [6.45, 7) is 5.62. The molecule has 1 aromatic heterocycles. The first-order chi connectivity index (χ1) is 10.9. The summed E-state index contributed by atoms with van der Waals surface area (Å²) < 4.78 is 13.8. The number of hydrogen-bond acceptors (Lipinski definition) is 4. The van der Waals surface area contributed by atoms with E-state index in [9.17, 15) is 14.3 Å². The summed E-state index contributed by atoms with van der Waals surface area (Å²) in [5.41, 5.74) is -0.00903. The highest BCUT2D eigenvalue weighted by Gasteiger charge is 2.51. The largest absolute Gasteiger partial charge is 0.394 e. The Morgan fingerprint density at radius 3 is 3.00 bits per heavy atom. The Morgan fingerprint density at radius 1 is 1.57 bits per heavy atom. The number of carbonyl (C=O) groups is 1.